The number of hydrogen-bond donors (Lipinski definition) is 1. The van der Waals surface area contributed by atoms with E-state index < -0.39 is 0 Å². The van der Waals surface area contributed by atoms with Crippen LogP contribution in [0.5, 0.6) is 0 Å². The molecule has 1 fully saturated rings. The molecule has 0 bridgehead atoms. The highest BCUT2D eigenvalue weighted by atomic mass is 32.2. The molecule has 2 aromatic heterocycles. The molecule has 3 heterocycles. The monoisotopic (exact) mass is 395 g/mol. The van der Waals surface area contributed by atoms with Gasteiger partial charge >= 0.3 is 6.03 Å². The molecule has 0 saturated carbocycles. The van der Waals surface area contributed by atoms with Crippen LogP contribution in [-0.2, 0) is 4.79 Å². The van der Waals surface area contributed by atoms with Crippen LogP contribution in [-0.4, -0.2) is 50.3 Å². The second-order valence-corrected chi connectivity index (χ2v) is 7.81. The molecule has 8 heteroatoms. The van der Waals surface area contributed by atoms with Crippen molar-refractivity contribution < 1.29 is 9.59 Å². The number of thioether (sulfide) groups is 1. The molecule has 1 aliphatic rings. The van der Waals surface area contributed by atoms with Crippen molar-refractivity contribution in [1.29, 1.82) is 0 Å². The van der Waals surface area contributed by atoms with Crippen LogP contribution in [0.3, 0.4) is 0 Å². The molecule has 0 radical (unpaired) electrons. The average molecular weight is 395 g/mol. The molecule has 0 aliphatic carbocycles. The minimum atomic E-state index is -0.305. The summed E-state index contributed by atoms with van der Waals surface area (Å²) in [6.45, 7) is 4.56. The lowest BCUT2D eigenvalue weighted by Gasteiger charge is -2.11. The number of imidazole rings is 1. The van der Waals surface area contributed by atoms with Crippen LogP contribution in [0.4, 0.5) is 4.79 Å². The van der Waals surface area contributed by atoms with Gasteiger partial charge in [-0.15, -0.1) is 0 Å². The Balaban J connectivity index is 1.57. The summed E-state index contributed by atoms with van der Waals surface area (Å²) >= 11 is 1.59. The van der Waals surface area contributed by atoms with Gasteiger partial charge in [-0.25, -0.2) is 14.3 Å². The van der Waals surface area contributed by atoms with E-state index in [1.165, 1.54) is 4.90 Å². The van der Waals surface area contributed by atoms with E-state index in [1.807, 2.05) is 41.8 Å². The molecule has 3 aromatic rings. The van der Waals surface area contributed by atoms with Gasteiger partial charge in [0.05, 0.1) is 23.4 Å². The van der Waals surface area contributed by atoms with E-state index >= 15 is 0 Å². The maximum Gasteiger partial charge on any atom is 0.324 e. The number of amides is 3. The molecule has 4 rings (SSSR count). The van der Waals surface area contributed by atoms with Crippen molar-refractivity contribution >= 4 is 29.2 Å². The summed E-state index contributed by atoms with van der Waals surface area (Å²) < 4.78 is 1.91. The maximum absolute atomic E-state index is 11.7. The Hall–Kier alpha value is -2.87. The summed E-state index contributed by atoms with van der Waals surface area (Å²) in [6, 6.07) is 11.9. The molecular weight excluding hydrogens is 374 g/mol. The van der Waals surface area contributed by atoms with Gasteiger partial charge in [0.2, 0.25) is 5.91 Å². The number of carbonyl (C=O) groups is 2. The summed E-state index contributed by atoms with van der Waals surface area (Å²) in [4.78, 5) is 29.4. The molecule has 0 unspecified atom stereocenters. The number of aromatic nitrogens is 3. The lowest BCUT2D eigenvalue weighted by molar-refractivity contribution is -0.124. The average Bonchev–Trinajstić information content (AvgIpc) is 3.20. The van der Waals surface area contributed by atoms with Gasteiger partial charge < -0.3 is 5.32 Å². The van der Waals surface area contributed by atoms with Gasteiger partial charge in [-0.3, -0.25) is 9.69 Å². The molecule has 0 atom stereocenters. The van der Waals surface area contributed by atoms with Crippen molar-refractivity contribution in [3.63, 3.8) is 0 Å². The Labute approximate surface area is 167 Å². The zero-order valence-corrected chi connectivity index (χ0v) is 16.6. The third kappa shape index (κ3) is 3.47. The first-order valence-corrected chi connectivity index (χ1v) is 10.2. The van der Waals surface area contributed by atoms with Gasteiger partial charge in [0.1, 0.15) is 0 Å². The van der Waals surface area contributed by atoms with E-state index in [1.54, 1.807) is 11.8 Å². The molecular formula is C20H21N5O2S. The number of rotatable bonds is 6. The quantitative estimate of drug-likeness (QED) is 0.394. The number of carbonyl (C=O) groups excluding carboxylic acids is 2. The zero-order valence-electron chi connectivity index (χ0n) is 15.8. The fourth-order valence-corrected chi connectivity index (χ4v) is 4.23. The summed E-state index contributed by atoms with van der Waals surface area (Å²) in [5.74, 6) is 0.569. The van der Waals surface area contributed by atoms with Gasteiger partial charge in [-0.2, -0.15) is 5.10 Å². The predicted octanol–water partition coefficient (Wildman–Crippen LogP) is 3.05. The summed E-state index contributed by atoms with van der Waals surface area (Å²) in [6.07, 6.45) is 0.699. The number of nitrogens with one attached hydrogen (secondary N) is 1. The maximum atomic E-state index is 11.7. The van der Waals surface area contributed by atoms with Crippen molar-refractivity contribution in [3.8, 4) is 11.3 Å². The van der Waals surface area contributed by atoms with E-state index in [4.69, 9.17) is 4.98 Å². The first kappa shape index (κ1) is 18.5. The second kappa shape index (κ2) is 7.63. The molecule has 1 N–H and O–H groups in total. The van der Waals surface area contributed by atoms with Crippen LogP contribution >= 0.6 is 11.8 Å². The van der Waals surface area contributed by atoms with Crippen molar-refractivity contribution in [1.82, 2.24) is 24.8 Å². The first-order chi connectivity index (χ1) is 13.5. The van der Waals surface area contributed by atoms with E-state index in [0.717, 1.165) is 38.9 Å². The van der Waals surface area contributed by atoms with Crippen LogP contribution in [0.2, 0.25) is 0 Å². The van der Waals surface area contributed by atoms with E-state index in [2.05, 4.69) is 23.4 Å². The Morgan fingerprint density at radius 3 is 2.68 bits per heavy atom. The Bertz CT molecular complexity index is 1030. The number of imide groups is 1. The largest absolute Gasteiger partial charge is 0.329 e. The van der Waals surface area contributed by atoms with Gasteiger partial charge in [-0.1, -0.05) is 42.1 Å². The second-order valence-electron chi connectivity index (χ2n) is 6.74. The van der Waals surface area contributed by atoms with Crippen LogP contribution in [0, 0.1) is 13.8 Å². The van der Waals surface area contributed by atoms with Crippen molar-refractivity contribution in [2.75, 3.05) is 18.8 Å². The lowest BCUT2D eigenvalue weighted by Crippen LogP contribution is -2.32. The summed E-state index contributed by atoms with van der Waals surface area (Å²) in [5.41, 5.74) is 5.05. The summed E-state index contributed by atoms with van der Waals surface area (Å²) in [7, 11) is 0. The molecule has 144 valence electrons. The highest BCUT2D eigenvalue weighted by Gasteiger charge is 2.27. The Morgan fingerprint density at radius 2 is 1.96 bits per heavy atom. The number of fused-ring (bicyclic) bond motifs is 1. The van der Waals surface area contributed by atoms with Crippen LogP contribution in [0.25, 0.3) is 16.8 Å². The normalized spacial score (nSPS) is 14.1. The van der Waals surface area contributed by atoms with Gasteiger partial charge in [0.25, 0.3) is 0 Å². The topological polar surface area (TPSA) is 79.6 Å². The number of hydrogen-bond acceptors (Lipinski definition) is 5. The van der Waals surface area contributed by atoms with Crippen LogP contribution in [0.1, 0.15) is 17.7 Å². The third-order valence-corrected chi connectivity index (χ3v) is 5.64. The molecule has 3 amide bonds. The van der Waals surface area contributed by atoms with Crippen LogP contribution in [0.15, 0.2) is 41.6 Å². The van der Waals surface area contributed by atoms with Crippen LogP contribution < -0.4 is 5.32 Å². The SMILES string of the molecule is Cc1cc(C)c2c(-c3ccccc3)nc(SCCCN3C(=O)CNC3=O)n2n1. The van der Waals surface area contributed by atoms with E-state index in [-0.39, 0.29) is 18.5 Å². The molecule has 28 heavy (non-hydrogen) atoms. The lowest BCUT2D eigenvalue weighted by atomic mass is 10.1. The van der Waals surface area contributed by atoms with Gasteiger partial charge in [0, 0.05) is 17.9 Å². The highest BCUT2D eigenvalue weighted by Crippen LogP contribution is 2.31. The van der Waals surface area contributed by atoms with E-state index in [0.29, 0.717) is 13.0 Å². The Morgan fingerprint density at radius 1 is 1.18 bits per heavy atom. The molecule has 0 spiro atoms. The fraction of sp³-hybridized carbons (Fsp3) is 0.300. The molecule has 1 saturated heterocycles. The number of benzene rings is 1. The van der Waals surface area contributed by atoms with Crippen molar-refractivity contribution in [2.24, 2.45) is 0 Å². The minimum absolute atomic E-state index is 0.0970. The minimum Gasteiger partial charge on any atom is -0.329 e. The van der Waals surface area contributed by atoms with Gasteiger partial charge in [-0.05, 0) is 31.9 Å². The predicted molar refractivity (Wildman–Crippen MR) is 108 cm³/mol. The smallest absolute Gasteiger partial charge is 0.324 e. The van der Waals surface area contributed by atoms with Crippen molar-refractivity contribution in [2.45, 2.75) is 25.4 Å². The number of aryl methyl sites for hydroxylation is 2. The third-order valence-electron chi connectivity index (χ3n) is 4.62. The first-order valence-electron chi connectivity index (χ1n) is 9.18. The standard InChI is InChI=1S/C20H21N5O2S/c1-13-11-14(2)23-25-18(13)17(15-7-4-3-5-8-15)22-20(25)28-10-6-9-24-16(26)12-21-19(24)27/h3-5,7-8,11H,6,9-10,12H2,1-2H3,(H,21,27). The van der Waals surface area contributed by atoms with Gasteiger partial charge in [0.15, 0.2) is 5.16 Å². The highest BCUT2D eigenvalue weighted by molar-refractivity contribution is 7.99. The summed E-state index contributed by atoms with van der Waals surface area (Å²) in [5, 5.41) is 8.03. The number of urea groups is 1. The Kier molecular flexibility index (Phi) is 5.04. The fourth-order valence-electron chi connectivity index (χ4n) is 3.37. The molecule has 1 aromatic carbocycles. The number of nitrogens with zero attached hydrogens (tertiary/aromatic N) is 4. The molecule has 7 nitrogen and oxygen atoms in total. The molecule has 1 aliphatic heterocycles. The van der Waals surface area contributed by atoms with Crippen molar-refractivity contribution in [3.05, 3.63) is 47.7 Å². The zero-order chi connectivity index (χ0) is 19.7. The van der Waals surface area contributed by atoms with E-state index in [9.17, 15) is 9.59 Å².